The highest BCUT2D eigenvalue weighted by Crippen LogP contribution is 2.24. The van der Waals surface area contributed by atoms with Crippen LogP contribution in [0.1, 0.15) is 25.1 Å². The number of aryl methyl sites for hydroxylation is 1. The molecule has 1 aromatic heterocycles. The van der Waals surface area contributed by atoms with Gasteiger partial charge < -0.3 is 4.74 Å². The van der Waals surface area contributed by atoms with Crippen molar-refractivity contribution in [2.75, 3.05) is 6.61 Å². The fraction of sp³-hybridized carbons (Fsp3) is 0.357. The van der Waals surface area contributed by atoms with Crippen LogP contribution in [0.5, 0.6) is 5.75 Å². The van der Waals surface area contributed by atoms with Crippen LogP contribution < -0.4 is 16.0 Å². The maximum Gasteiger partial charge on any atom is 0.119 e. The highest BCUT2D eigenvalue weighted by Gasteiger charge is 2.19. The molecule has 0 bridgehead atoms. The molecule has 0 radical (unpaired) electrons. The second kappa shape index (κ2) is 7.79. The summed E-state index contributed by atoms with van der Waals surface area (Å²) in [7, 11) is 0. The lowest BCUT2D eigenvalue weighted by Crippen LogP contribution is -2.34. The zero-order chi connectivity index (χ0) is 15.2. The molecule has 0 amide bonds. The van der Waals surface area contributed by atoms with Crippen molar-refractivity contribution in [1.29, 1.82) is 0 Å². The molecule has 0 fully saturated rings. The molecule has 2 aromatic rings. The van der Waals surface area contributed by atoms with Gasteiger partial charge in [0.1, 0.15) is 12.4 Å². The summed E-state index contributed by atoms with van der Waals surface area (Å²) < 4.78 is 8.61. The van der Waals surface area contributed by atoms with Gasteiger partial charge in [0.25, 0.3) is 0 Å². The number of nitrogens with zero attached hydrogens (tertiary/aromatic N) is 2. The van der Waals surface area contributed by atoms with Gasteiger partial charge in [-0.1, -0.05) is 18.5 Å². The number of nitrogens with one attached hydrogen (secondary N) is 1. The molecular formula is C14H18BrClN4O. The number of rotatable bonds is 7. The smallest absolute Gasteiger partial charge is 0.119 e. The molecule has 5 nitrogen and oxygen atoms in total. The first-order chi connectivity index (χ1) is 10.2. The Balaban J connectivity index is 2.09. The number of ether oxygens (including phenoxy) is 1. The maximum atomic E-state index is 5.85. The number of hydrogen-bond acceptors (Lipinski definition) is 4. The van der Waals surface area contributed by atoms with E-state index < -0.39 is 0 Å². The van der Waals surface area contributed by atoms with Gasteiger partial charge in [-0.15, -0.1) is 0 Å². The van der Waals surface area contributed by atoms with Crippen LogP contribution in [-0.4, -0.2) is 16.4 Å². The summed E-state index contributed by atoms with van der Waals surface area (Å²) in [6.07, 6.45) is 2.77. The molecule has 0 saturated carbocycles. The van der Waals surface area contributed by atoms with Crippen molar-refractivity contribution in [3.8, 4) is 5.75 Å². The van der Waals surface area contributed by atoms with Crippen LogP contribution in [0.25, 0.3) is 0 Å². The maximum absolute atomic E-state index is 5.85. The first kappa shape index (κ1) is 16.3. The minimum absolute atomic E-state index is 0.163. The number of nitrogens with two attached hydrogens (primary N) is 1. The van der Waals surface area contributed by atoms with E-state index in [0.717, 1.165) is 28.9 Å². The predicted molar refractivity (Wildman–Crippen MR) is 87.2 cm³/mol. The molecule has 7 heteroatoms. The fourth-order valence-corrected chi connectivity index (χ4v) is 2.72. The van der Waals surface area contributed by atoms with Gasteiger partial charge in [0.15, 0.2) is 0 Å². The van der Waals surface area contributed by atoms with Gasteiger partial charge in [-0.3, -0.25) is 10.5 Å². The van der Waals surface area contributed by atoms with Gasteiger partial charge in [-0.2, -0.15) is 5.10 Å². The van der Waals surface area contributed by atoms with E-state index in [-0.39, 0.29) is 6.04 Å². The van der Waals surface area contributed by atoms with E-state index in [9.17, 15) is 0 Å². The molecule has 0 aliphatic rings. The van der Waals surface area contributed by atoms with Crippen LogP contribution in [0.4, 0.5) is 0 Å². The van der Waals surface area contributed by atoms with Crippen molar-refractivity contribution in [2.24, 2.45) is 5.84 Å². The topological polar surface area (TPSA) is 65.1 Å². The lowest BCUT2D eigenvalue weighted by atomic mass is 10.2. The first-order valence-corrected chi connectivity index (χ1v) is 7.88. The standard InChI is InChI=1S/C14H18BrClN4O/c1-2-7-20-14(12(15)8-18-20)13(19-17)9-21-11-5-3-10(16)4-6-11/h3-6,8,13,19H,2,7,9,17H2,1H3. The van der Waals surface area contributed by atoms with Crippen LogP contribution >= 0.6 is 27.5 Å². The summed E-state index contributed by atoms with van der Waals surface area (Å²) in [4.78, 5) is 0. The van der Waals surface area contributed by atoms with Gasteiger partial charge in [0, 0.05) is 11.6 Å². The molecular weight excluding hydrogens is 356 g/mol. The average Bonchev–Trinajstić information content (AvgIpc) is 2.84. The van der Waals surface area contributed by atoms with Crippen molar-refractivity contribution < 1.29 is 4.74 Å². The largest absolute Gasteiger partial charge is 0.491 e. The van der Waals surface area contributed by atoms with E-state index in [1.807, 2.05) is 16.8 Å². The molecule has 0 spiro atoms. The van der Waals surface area contributed by atoms with Gasteiger partial charge in [0.2, 0.25) is 0 Å². The number of hydrazine groups is 1. The summed E-state index contributed by atoms with van der Waals surface area (Å²) in [5.74, 6) is 6.42. The van der Waals surface area contributed by atoms with Crippen LogP contribution in [-0.2, 0) is 6.54 Å². The molecule has 2 rings (SSSR count). The zero-order valence-corrected chi connectivity index (χ0v) is 14.1. The van der Waals surface area contributed by atoms with E-state index in [0.29, 0.717) is 11.6 Å². The van der Waals surface area contributed by atoms with Crippen molar-refractivity contribution in [3.05, 3.63) is 45.7 Å². The molecule has 0 aliphatic carbocycles. The van der Waals surface area contributed by atoms with Crippen molar-refractivity contribution in [1.82, 2.24) is 15.2 Å². The predicted octanol–water partition coefficient (Wildman–Crippen LogP) is 3.29. The summed E-state index contributed by atoms with van der Waals surface area (Å²) >= 11 is 9.37. The molecule has 114 valence electrons. The van der Waals surface area contributed by atoms with Gasteiger partial charge in [-0.05, 0) is 46.6 Å². The number of aromatic nitrogens is 2. The Kier molecular flexibility index (Phi) is 6.05. The highest BCUT2D eigenvalue weighted by atomic mass is 79.9. The van der Waals surface area contributed by atoms with Crippen molar-refractivity contribution in [3.63, 3.8) is 0 Å². The Labute approximate surface area is 137 Å². The van der Waals surface area contributed by atoms with E-state index in [1.54, 1.807) is 18.3 Å². The fourth-order valence-electron chi connectivity index (χ4n) is 2.02. The third-order valence-electron chi connectivity index (χ3n) is 3.03. The number of halogens is 2. The number of hydrogen-bond donors (Lipinski definition) is 2. The molecule has 1 atom stereocenters. The van der Waals surface area contributed by atoms with Gasteiger partial charge in [0.05, 0.1) is 22.4 Å². The molecule has 1 unspecified atom stereocenters. The quantitative estimate of drug-likeness (QED) is 0.577. The molecule has 1 aromatic carbocycles. The lowest BCUT2D eigenvalue weighted by molar-refractivity contribution is 0.259. The summed E-state index contributed by atoms with van der Waals surface area (Å²) in [5.41, 5.74) is 3.76. The second-order valence-electron chi connectivity index (χ2n) is 4.59. The summed E-state index contributed by atoms with van der Waals surface area (Å²) in [5, 5.41) is 5.02. The Morgan fingerprint density at radius 1 is 1.43 bits per heavy atom. The number of benzene rings is 1. The molecule has 1 heterocycles. The Bertz CT molecular complexity index is 573. The van der Waals surface area contributed by atoms with Crippen molar-refractivity contribution >= 4 is 27.5 Å². The van der Waals surface area contributed by atoms with E-state index in [2.05, 4.69) is 33.4 Å². The van der Waals surface area contributed by atoms with Crippen LogP contribution in [0.3, 0.4) is 0 Å². The van der Waals surface area contributed by atoms with E-state index >= 15 is 0 Å². The third kappa shape index (κ3) is 4.20. The Hall–Kier alpha value is -1.08. The van der Waals surface area contributed by atoms with Crippen LogP contribution in [0, 0.1) is 0 Å². The second-order valence-corrected chi connectivity index (χ2v) is 5.88. The Morgan fingerprint density at radius 3 is 2.76 bits per heavy atom. The lowest BCUT2D eigenvalue weighted by Gasteiger charge is -2.19. The molecule has 3 N–H and O–H groups in total. The van der Waals surface area contributed by atoms with Crippen molar-refractivity contribution in [2.45, 2.75) is 25.9 Å². The SMILES string of the molecule is CCCn1ncc(Br)c1C(COc1ccc(Cl)cc1)NN. The average molecular weight is 374 g/mol. The molecule has 0 saturated heterocycles. The minimum atomic E-state index is -0.163. The van der Waals surface area contributed by atoms with E-state index in [4.69, 9.17) is 22.2 Å². The third-order valence-corrected chi connectivity index (χ3v) is 3.89. The highest BCUT2D eigenvalue weighted by molar-refractivity contribution is 9.10. The monoisotopic (exact) mass is 372 g/mol. The normalized spacial score (nSPS) is 12.4. The Morgan fingerprint density at radius 2 is 2.14 bits per heavy atom. The van der Waals surface area contributed by atoms with Crippen LogP contribution in [0.2, 0.25) is 5.02 Å². The van der Waals surface area contributed by atoms with Gasteiger partial charge >= 0.3 is 0 Å². The summed E-state index contributed by atoms with van der Waals surface area (Å²) in [6, 6.07) is 7.07. The summed E-state index contributed by atoms with van der Waals surface area (Å²) in [6.45, 7) is 3.33. The minimum Gasteiger partial charge on any atom is -0.491 e. The zero-order valence-electron chi connectivity index (χ0n) is 11.7. The molecule has 0 aliphatic heterocycles. The molecule has 21 heavy (non-hydrogen) atoms. The first-order valence-electron chi connectivity index (χ1n) is 6.71. The van der Waals surface area contributed by atoms with Gasteiger partial charge in [-0.25, -0.2) is 5.43 Å². The van der Waals surface area contributed by atoms with Crippen LogP contribution in [0.15, 0.2) is 34.9 Å². The van der Waals surface area contributed by atoms with E-state index in [1.165, 1.54) is 0 Å².